The normalized spacial score (nSPS) is 11.3. The average Bonchev–Trinajstić information content (AvgIpc) is 2.30. The highest BCUT2D eigenvalue weighted by Crippen LogP contribution is 2.21. The summed E-state index contributed by atoms with van der Waals surface area (Å²) in [5.41, 5.74) is 6.21. The Balaban J connectivity index is 0.00000289. The molecule has 4 nitrogen and oxygen atoms in total. The van der Waals surface area contributed by atoms with Crippen LogP contribution in [0.2, 0.25) is 5.02 Å². The summed E-state index contributed by atoms with van der Waals surface area (Å²) in [7, 11) is 0. The molecule has 1 aromatic carbocycles. The average molecular weight is 293 g/mol. The Morgan fingerprint density at radius 1 is 1.56 bits per heavy atom. The zero-order valence-corrected chi connectivity index (χ0v) is 12.0. The van der Waals surface area contributed by atoms with Gasteiger partial charge in [-0.15, -0.1) is 12.4 Å². The van der Waals surface area contributed by atoms with Crippen molar-refractivity contribution in [3.05, 3.63) is 28.8 Å². The number of hydrogen-bond acceptors (Lipinski definition) is 3. The molecule has 1 aromatic rings. The smallest absolute Gasteiger partial charge is 0.260 e. The van der Waals surface area contributed by atoms with E-state index in [1.807, 2.05) is 6.92 Å². The van der Waals surface area contributed by atoms with Crippen LogP contribution in [0.5, 0.6) is 5.75 Å². The molecule has 0 fully saturated rings. The standard InChI is InChI=1S/C12H17ClN2O2.ClH/c1-8-7-10(3-4-11(8)13)17-9(2)12(16)15-6-5-14;/h3-4,7,9H,5-6,14H2,1-2H3,(H,15,16);1H. The minimum atomic E-state index is -0.554. The Bertz CT molecular complexity index is 400. The van der Waals surface area contributed by atoms with Gasteiger partial charge < -0.3 is 15.8 Å². The number of rotatable bonds is 5. The lowest BCUT2D eigenvalue weighted by atomic mass is 10.2. The third-order valence-corrected chi connectivity index (χ3v) is 2.68. The fraction of sp³-hybridized carbons (Fsp3) is 0.417. The summed E-state index contributed by atoms with van der Waals surface area (Å²) in [4.78, 5) is 11.5. The first-order valence-corrected chi connectivity index (χ1v) is 5.83. The molecule has 0 saturated heterocycles. The first kappa shape index (κ1) is 17.0. The van der Waals surface area contributed by atoms with Crippen LogP contribution in [0.3, 0.4) is 0 Å². The predicted molar refractivity (Wildman–Crippen MR) is 75.6 cm³/mol. The number of ether oxygens (including phenoxy) is 1. The van der Waals surface area contributed by atoms with Gasteiger partial charge in [0.2, 0.25) is 0 Å². The van der Waals surface area contributed by atoms with Crippen LogP contribution in [0.4, 0.5) is 0 Å². The molecule has 1 atom stereocenters. The van der Waals surface area contributed by atoms with Crippen LogP contribution in [0, 0.1) is 6.92 Å². The van der Waals surface area contributed by atoms with Crippen molar-refractivity contribution in [1.29, 1.82) is 0 Å². The lowest BCUT2D eigenvalue weighted by Crippen LogP contribution is -2.38. The predicted octanol–water partition coefficient (Wildman–Crippen LogP) is 1.91. The number of carbonyl (C=O) groups excluding carboxylic acids is 1. The van der Waals surface area contributed by atoms with Crippen molar-refractivity contribution >= 4 is 29.9 Å². The molecule has 1 amide bonds. The summed E-state index contributed by atoms with van der Waals surface area (Å²) >= 11 is 5.90. The van der Waals surface area contributed by atoms with E-state index in [2.05, 4.69) is 5.32 Å². The summed E-state index contributed by atoms with van der Waals surface area (Å²) < 4.78 is 5.50. The summed E-state index contributed by atoms with van der Waals surface area (Å²) in [6, 6.07) is 5.29. The van der Waals surface area contributed by atoms with E-state index in [1.165, 1.54) is 0 Å². The van der Waals surface area contributed by atoms with Gasteiger partial charge in [0.25, 0.3) is 5.91 Å². The second-order valence-corrected chi connectivity index (χ2v) is 4.16. The Morgan fingerprint density at radius 3 is 2.78 bits per heavy atom. The molecule has 1 unspecified atom stereocenters. The molecule has 0 aromatic heterocycles. The van der Waals surface area contributed by atoms with Gasteiger partial charge in [0.15, 0.2) is 6.10 Å². The molecule has 0 spiro atoms. The third kappa shape index (κ3) is 5.12. The monoisotopic (exact) mass is 292 g/mol. The zero-order valence-electron chi connectivity index (χ0n) is 10.4. The number of carbonyl (C=O) groups is 1. The largest absolute Gasteiger partial charge is 0.481 e. The minimum Gasteiger partial charge on any atom is -0.481 e. The summed E-state index contributed by atoms with van der Waals surface area (Å²) in [5, 5.41) is 3.34. The van der Waals surface area contributed by atoms with Gasteiger partial charge in [-0.25, -0.2) is 0 Å². The van der Waals surface area contributed by atoms with Crippen molar-refractivity contribution in [2.75, 3.05) is 13.1 Å². The van der Waals surface area contributed by atoms with Crippen LogP contribution in [-0.4, -0.2) is 25.1 Å². The van der Waals surface area contributed by atoms with Crippen LogP contribution in [-0.2, 0) is 4.79 Å². The Hall–Kier alpha value is -0.970. The molecule has 3 N–H and O–H groups in total. The third-order valence-electron chi connectivity index (χ3n) is 2.26. The van der Waals surface area contributed by atoms with E-state index in [4.69, 9.17) is 22.1 Å². The Kier molecular flexibility index (Phi) is 7.75. The van der Waals surface area contributed by atoms with Crippen LogP contribution in [0.25, 0.3) is 0 Å². The van der Waals surface area contributed by atoms with Crippen LogP contribution < -0.4 is 15.8 Å². The van der Waals surface area contributed by atoms with E-state index in [1.54, 1.807) is 25.1 Å². The quantitative estimate of drug-likeness (QED) is 0.871. The van der Waals surface area contributed by atoms with E-state index in [0.717, 1.165) is 5.56 Å². The first-order valence-electron chi connectivity index (χ1n) is 5.45. The van der Waals surface area contributed by atoms with Crippen LogP contribution in [0.1, 0.15) is 12.5 Å². The van der Waals surface area contributed by atoms with E-state index in [-0.39, 0.29) is 18.3 Å². The van der Waals surface area contributed by atoms with E-state index in [0.29, 0.717) is 23.9 Å². The lowest BCUT2D eigenvalue weighted by Gasteiger charge is -2.15. The molecule has 0 aliphatic heterocycles. The molecule has 0 saturated carbocycles. The van der Waals surface area contributed by atoms with Crippen molar-refractivity contribution in [2.45, 2.75) is 20.0 Å². The molecule has 102 valence electrons. The molecule has 0 bridgehead atoms. The van der Waals surface area contributed by atoms with Crippen molar-refractivity contribution in [2.24, 2.45) is 5.73 Å². The molecular formula is C12H18Cl2N2O2. The molecular weight excluding hydrogens is 275 g/mol. The maximum Gasteiger partial charge on any atom is 0.260 e. The number of benzene rings is 1. The summed E-state index contributed by atoms with van der Waals surface area (Å²) in [6.45, 7) is 4.44. The highest BCUT2D eigenvalue weighted by atomic mass is 35.5. The molecule has 0 aliphatic rings. The lowest BCUT2D eigenvalue weighted by molar-refractivity contribution is -0.127. The number of halogens is 2. The Morgan fingerprint density at radius 2 is 2.22 bits per heavy atom. The van der Waals surface area contributed by atoms with Crippen LogP contribution in [0.15, 0.2) is 18.2 Å². The van der Waals surface area contributed by atoms with Gasteiger partial charge in [-0.3, -0.25) is 4.79 Å². The molecule has 0 heterocycles. The number of nitrogens with two attached hydrogens (primary N) is 1. The highest BCUT2D eigenvalue weighted by molar-refractivity contribution is 6.31. The van der Waals surface area contributed by atoms with Crippen molar-refractivity contribution in [3.63, 3.8) is 0 Å². The number of nitrogens with one attached hydrogen (secondary N) is 1. The SMILES string of the molecule is Cc1cc(OC(C)C(=O)NCCN)ccc1Cl.Cl. The van der Waals surface area contributed by atoms with Gasteiger partial charge in [0.1, 0.15) is 5.75 Å². The van der Waals surface area contributed by atoms with Gasteiger partial charge in [-0.2, -0.15) is 0 Å². The molecule has 0 aliphatic carbocycles. The Labute approximate surface area is 118 Å². The first-order chi connectivity index (χ1) is 8.04. The number of amides is 1. The zero-order chi connectivity index (χ0) is 12.8. The second-order valence-electron chi connectivity index (χ2n) is 3.75. The van der Waals surface area contributed by atoms with Crippen molar-refractivity contribution in [1.82, 2.24) is 5.32 Å². The second kappa shape index (κ2) is 8.19. The van der Waals surface area contributed by atoms with Gasteiger partial charge >= 0.3 is 0 Å². The van der Waals surface area contributed by atoms with E-state index in [9.17, 15) is 4.79 Å². The fourth-order valence-corrected chi connectivity index (χ4v) is 1.40. The fourth-order valence-electron chi connectivity index (χ4n) is 1.29. The van der Waals surface area contributed by atoms with Gasteiger partial charge in [0, 0.05) is 18.1 Å². The topological polar surface area (TPSA) is 64.3 Å². The molecule has 0 radical (unpaired) electrons. The minimum absolute atomic E-state index is 0. The molecule has 18 heavy (non-hydrogen) atoms. The maximum atomic E-state index is 11.5. The van der Waals surface area contributed by atoms with E-state index < -0.39 is 6.10 Å². The highest BCUT2D eigenvalue weighted by Gasteiger charge is 2.13. The van der Waals surface area contributed by atoms with Gasteiger partial charge in [-0.05, 0) is 37.6 Å². The van der Waals surface area contributed by atoms with E-state index >= 15 is 0 Å². The molecule has 1 rings (SSSR count). The number of aryl methyl sites for hydroxylation is 1. The van der Waals surface area contributed by atoms with Crippen LogP contribution >= 0.6 is 24.0 Å². The van der Waals surface area contributed by atoms with Gasteiger partial charge in [-0.1, -0.05) is 11.6 Å². The molecule has 6 heteroatoms. The number of hydrogen-bond donors (Lipinski definition) is 2. The maximum absolute atomic E-state index is 11.5. The van der Waals surface area contributed by atoms with Crippen molar-refractivity contribution < 1.29 is 9.53 Å². The summed E-state index contributed by atoms with van der Waals surface area (Å²) in [6.07, 6.45) is -0.554. The van der Waals surface area contributed by atoms with Gasteiger partial charge in [0.05, 0.1) is 0 Å². The summed E-state index contributed by atoms with van der Waals surface area (Å²) in [5.74, 6) is 0.449. The van der Waals surface area contributed by atoms with Crippen molar-refractivity contribution in [3.8, 4) is 5.75 Å².